The summed E-state index contributed by atoms with van der Waals surface area (Å²) in [6, 6.07) is 11.2. The van der Waals surface area contributed by atoms with Crippen molar-refractivity contribution < 1.29 is 13.9 Å². The maximum atomic E-state index is 15.8. The molecule has 194 valence electrons. The highest BCUT2D eigenvalue weighted by Crippen LogP contribution is 2.42. The second kappa shape index (κ2) is 11.5. The number of hydrogen-bond donors (Lipinski definition) is 2. The van der Waals surface area contributed by atoms with Gasteiger partial charge in [-0.25, -0.2) is 4.39 Å². The summed E-state index contributed by atoms with van der Waals surface area (Å²) >= 11 is 11.3. The van der Waals surface area contributed by atoms with Crippen LogP contribution in [0.4, 0.5) is 4.39 Å². The molecule has 0 aromatic heterocycles. The molecule has 0 atom stereocenters. The zero-order valence-electron chi connectivity index (χ0n) is 21.1. The monoisotopic (exact) mass is 540 g/mol. The number of nitrogens with zero attached hydrogens (tertiary/aromatic N) is 3. The number of hydrogen-bond acceptors (Lipinski definition) is 6. The van der Waals surface area contributed by atoms with E-state index in [1.54, 1.807) is 30.2 Å². The molecule has 2 aliphatic rings. The Hall–Kier alpha value is -3.07. The fourth-order valence-corrected chi connectivity index (χ4v) is 5.10. The van der Waals surface area contributed by atoms with Crippen molar-refractivity contribution in [1.82, 2.24) is 14.7 Å². The standard InChI is InChI=1S/C28H30ClFN4O2S/c1-32(2)10-6-9-24(35)33-11-13-34(14-12-33)28(37)22-17-23(29)25(26(30)27(22)31)21-16-19(36-3)15-18-7-4-5-8-20(18)21/h4-9,15-17,31,37H,10-14H2,1-3H3/b9-6+,28-22-,31-27?. The molecule has 0 bridgehead atoms. The van der Waals surface area contributed by atoms with E-state index in [0.717, 1.165) is 10.8 Å². The van der Waals surface area contributed by atoms with Crippen LogP contribution in [0.3, 0.4) is 0 Å². The molecular weight excluding hydrogens is 511 g/mol. The number of likely N-dealkylation sites (N-methyl/N-ethyl adjacent to an activating group) is 1. The van der Waals surface area contributed by atoms with Gasteiger partial charge in [0.05, 0.1) is 17.2 Å². The van der Waals surface area contributed by atoms with Crippen molar-refractivity contribution in [1.29, 1.82) is 5.41 Å². The van der Waals surface area contributed by atoms with Crippen molar-refractivity contribution in [3.63, 3.8) is 0 Å². The summed E-state index contributed by atoms with van der Waals surface area (Å²) in [6.45, 7) is 2.75. The van der Waals surface area contributed by atoms with Crippen LogP contribution >= 0.6 is 24.2 Å². The molecule has 37 heavy (non-hydrogen) atoms. The molecule has 1 aliphatic carbocycles. The lowest BCUT2D eigenvalue weighted by molar-refractivity contribution is -0.127. The number of amides is 1. The number of benzene rings is 2. The molecular formula is C28H30ClFN4O2S. The summed E-state index contributed by atoms with van der Waals surface area (Å²) in [5.41, 5.74) is 0.758. The molecule has 0 radical (unpaired) electrons. The minimum Gasteiger partial charge on any atom is -0.497 e. The van der Waals surface area contributed by atoms with Gasteiger partial charge < -0.3 is 19.4 Å². The zero-order chi connectivity index (χ0) is 26.7. The number of allylic oxidation sites excluding steroid dienone is 5. The van der Waals surface area contributed by atoms with Gasteiger partial charge in [0.1, 0.15) is 11.5 Å². The summed E-state index contributed by atoms with van der Waals surface area (Å²) < 4.78 is 21.2. The maximum Gasteiger partial charge on any atom is 0.246 e. The Morgan fingerprint density at radius 2 is 1.86 bits per heavy atom. The van der Waals surface area contributed by atoms with Crippen molar-refractivity contribution >= 4 is 52.2 Å². The molecule has 1 saturated heterocycles. The lowest BCUT2D eigenvalue weighted by atomic mass is 9.90. The van der Waals surface area contributed by atoms with Crippen molar-refractivity contribution in [2.45, 2.75) is 0 Å². The first-order valence-electron chi connectivity index (χ1n) is 11.9. The molecule has 1 fully saturated rings. The molecule has 1 amide bonds. The molecule has 6 nitrogen and oxygen atoms in total. The molecule has 1 aliphatic heterocycles. The van der Waals surface area contributed by atoms with Gasteiger partial charge in [0, 0.05) is 49.9 Å². The highest BCUT2D eigenvalue weighted by Gasteiger charge is 2.29. The van der Waals surface area contributed by atoms with Crippen LogP contribution < -0.4 is 4.74 Å². The first kappa shape index (κ1) is 27.0. The van der Waals surface area contributed by atoms with Crippen molar-refractivity contribution in [3.05, 3.63) is 81.7 Å². The number of thiol groups is 1. The lowest BCUT2D eigenvalue weighted by Gasteiger charge is -2.36. The molecule has 0 unspecified atom stereocenters. The maximum absolute atomic E-state index is 15.8. The van der Waals surface area contributed by atoms with E-state index in [2.05, 4.69) is 12.6 Å². The van der Waals surface area contributed by atoms with Crippen LogP contribution in [0.25, 0.3) is 16.3 Å². The minimum absolute atomic E-state index is 0.0349. The largest absolute Gasteiger partial charge is 0.497 e. The molecule has 4 rings (SSSR count). The topological polar surface area (TPSA) is 59.9 Å². The van der Waals surface area contributed by atoms with E-state index in [1.165, 1.54) is 0 Å². The Bertz CT molecular complexity index is 1360. The van der Waals surface area contributed by atoms with E-state index in [9.17, 15) is 4.79 Å². The van der Waals surface area contributed by atoms with Gasteiger partial charge in [0.25, 0.3) is 0 Å². The second-order valence-electron chi connectivity index (χ2n) is 9.17. The van der Waals surface area contributed by atoms with Crippen LogP contribution in [-0.2, 0) is 4.79 Å². The molecule has 9 heteroatoms. The summed E-state index contributed by atoms with van der Waals surface area (Å²) in [5.74, 6) is -0.176. The fourth-order valence-electron chi connectivity index (χ4n) is 4.43. The van der Waals surface area contributed by atoms with Crippen molar-refractivity contribution in [3.8, 4) is 5.75 Å². The number of piperazine rings is 1. The number of fused-ring (bicyclic) bond motifs is 1. The predicted molar refractivity (Wildman–Crippen MR) is 152 cm³/mol. The first-order chi connectivity index (χ1) is 17.7. The van der Waals surface area contributed by atoms with Gasteiger partial charge in [-0.2, -0.15) is 0 Å². The molecule has 0 saturated carbocycles. The van der Waals surface area contributed by atoms with Crippen LogP contribution in [0.1, 0.15) is 5.56 Å². The average Bonchev–Trinajstić information content (AvgIpc) is 2.90. The molecule has 0 spiro atoms. The lowest BCUT2D eigenvalue weighted by Crippen LogP contribution is -2.47. The van der Waals surface area contributed by atoms with E-state index < -0.39 is 5.83 Å². The van der Waals surface area contributed by atoms with Gasteiger partial charge >= 0.3 is 0 Å². The number of rotatable bonds is 6. The third-order valence-electron chi connectivity index (χ3n) is 6.42. The Kier molecular flexibility index (Phi) is 8.42. The van der Waals surface area contributed by atoms with E-state index in [4.69, 9.17) is 21.7 Å². The van der Waals surface area contributed by atoms with Crippen molar-refractivity contribution in [2.24, 2.45) is 0 Å². The van der Waals surface area contributed by atoms with Crippen LogP contribution in [0.5, 0.6) is 5.75 Å². The number of carbonyl (C=O) groups is 1. The SMILES string of the molecule is COc1cc(C2=C(F)C(=N)/C(=C(\S)N3CCN(C(=O)/C=C/CN(C)C)CC3)C=C2Cl)c2ccccc2c1. The number of ether oxygens (including phenoxy) is 1. The van der Waals surface area contributed by atoms with Crippen LogP contribution in [-0.4, -0.2) is 80.2 Å². The number of carbonyl (C=O) groups excluding carboxylic acids is 1. The number of halogens is 2. The second-order valence-corrected chi connectivity index (χ2v) is 10.00. The molecule has 1 N–H and O–H groups in total. The third-order valence-corrected chi connectivity index (χ3v) is 7.24. The fraction of sp³-hybridized carbons (Fsp3) is 0.286. The summed E-state index contributed by atoms with van der Waals surface area (Å²) in [5, 5.41) is 11.0. The quantitative estimate of drug-likeness (QED) is 0.396. The molecule has 1 heterocycles. The van der Waals surface area contributed by atoms with Gasteiger partial charge in [-0.1, -0.05) is 41.9 Å². The van der Waals surface area contributed by atoms with Crippen molar-refractivity contribution in [2.75, 3.05) is 53.9 Å². The van der Waals surface area contributed by atoms with Crippen LogP contribution in [0, 0.1) is 5.41 Å². The van der Waals surface area contributed by atoms with E-state index >= 15 is 4.39 Å². The highest BCUT2D eigenvalue weighted by atomic mass is 35.5. The molecule has 2 aromatic rings. The molecule has 2 aromatic carbocycles. The predicted octanol–water partition coefficient (Wildman–Crippen LogP) is 5.09. The van der Waals surface area contributed by atoms with Gasteiger partial charge in [-0.3, -0.25) is 10.2 Å². The number of nitrogens with one attached hydrogen (secondary N) is 1. The smallest absolute Gasteiger partial charge is 0.246 e. The summed E-state index contributed by atoms with van der Waals surface area (Å²) in [6.07, 6.45) is 5.04. The van der Waals surface area contributed by atoms with Gasteiger partial charge in [0.2, 0.25) is 5.91 Å². The Balaban J connectivity index is 1.58. The Morgan fingerprint density at radius 1 is 1.19 bits per heavy atom. The minimum atomic E-state index is -0.715. The Labute approximate surface area is 227 Å². The highest BCUT2D eigenvalue weighted by molar-refractivity contribution is 7.84. The zero-order valence-corrected chi connectivity index (χ0v) is 22.7. The van der Waals surface area contributed by atoms with E-state index in [0.29, 0.717) is 54.6 Å². The summed E-state index contributed by atoms with van der Waals surface area (Å²) in [7, 11) is 5.44. The van der Waals surface area contributed by atoms with E-state index in [-0.39, 0.29) is 22.2 Å². The van der Waals surface area contributed by atoms with Gasteiger partial charge in [-0.05, 0) is 48.6 Å². The van der Waals surface area contributed by atoms with E-state index in [1.807, 2.05) is 60.3 Å². The number of methoxy groups -OCH3 is 1. The first-order valence-corrected chi connectivity index (χ1v) is 12.8. The van der Waals surface area contributed by atoms with Gasteiger partial charge in [0.15, 0.2) is 5.83 Å². The Morgan fingerprint density at radius 3 is 2.54 bits per heavy atom. The van der Waals surface area contributed by atoms with Crippen LogP contribution in [0.2, 0.25) is 0 Å². The average molecular weight is 541 g/mol. The summed E-state index contributed by atoms with van der Waals surface area (Å²) in [4.78, 5) is 18.1. The normalized spacial score (nSPS) is 18.2. The third kappa shape index (κ3) is 5.76. The van der Waals surface area contributed by atoms with Gasteiger partial charge in [-0.15, -0.1) is 12.6 Å². The van der Waals surface area contributed by atoms with Crippen LogP contribution in [0.15, 0.2) is 76.1 Å².